The SMILES string of the molecule is C#CC(O)c1csc(Cl)n1. The molecule has 0 amide bonds. The van der Waals surface area contributed by atoms with Crippen LogP contribution in [0.1, 0.15) is 11.8 Å². The molecule has 1 atom stereocenters. The van der Waals surface area contributed by atoms with E-state index in [2.05, 4.69) is 10.9 Å². The smallest absolute Gasteiger partial charge is 0.183 e. The van der Waals surface area contributed by atoms with Crippen molar-refractivity contribution < 1.29 is 5.11 Å². The highest BCUT2D eigenvalue weighted by Gasteiger charge is 2.06. The van der Waals surface area contributed by atoms with Gasteiger partial charge in [-0.05, 0) is 0 Å². The van der Waals surface area contributed by atoms with Gasteiger partial charge < -0.3 is 5.11 Å². The normalized spacial score (nSPS) is 12.5. The largest absolute Gasteiger partial charge is 0.374 e. The van der Waals surface area contributed by atoms with E-state index >= 15 is 0 Å². The Hall–Kier alpha value is -0.560. The number of halogens is 1. The van der Waals surface area contributed by atoms with Crippen molar-refractivity contribution in [3.8, 4) is 12.3 Å². The average molecular weight is 174 g/mol. The van der Waals surface area contributed by atoms with Gasteiger partial charge in [-0.15, -0.1) is 17.8 Å². The molecular weight excluding hydrogens is 170 g/mol. The number of terminal acetylenes is 1. The molecule has 10 heavy (non-hydrogen) atoms. The Kier molecular flexibility index (Phi) is 2.28. The minimum atomic E-state index is -0.927. The Labute approximate surface area is 67.5 Å². The van der Waals surface area contributed by atoms with E-state index in [0.29, 0.717) is 10.2 Å². The van der Waals surface area contributed by atoms with Crippen molar-refractivity contribution in [3.05, 3.63) is 15.5 Å². The van der Waals surface area contributed by atoms with Crippen LogP contribution in [0.15, 0.2) is 5.38 Å². The van der Waals surface area contributed by atoms with Gasteiger partial charge in [-0.2, -0.15) is 0 Å². The minimum absolute atomic E-state index is 0.393. The molecule has 1 rings (SSSR count). The van der Waals surface area contributed by atoms with Gasteiger partial charge in [0.1, 0.15) is 0 Å². The zero-order valence-electron chi connectivity index (χ0n) is 4.91. The first-order chi connectivity index (χ1) is 4.74. The molecule has 0 aromatic carbocycles. The molecular formula is C6H4ClNOS. The number of aliphatic hydroxyl groups excluding tert-OH is 1. The van der Waals surface area contributed by atoms with Crippen molar-refractivity contribution in [2.45, 2.75) is 6.10 Å². The van der Waals surface area contributed by atoms with E-state index < -0.39 is 6.10 Å². The Morgan fingerprint density at radius 3 is 3.00 bits per heavy atom. The zero-order valence-corrected chi connectivity index (χ0v) is 6.49. The van der Waals surface area contributed by atoms with Gasteiger partial charge in [0.25, 0.3) is 0 Å². The van der Waals surface area contributed by atoms with E-state index in [4.69, 9.17) is 23.1 Å². The topological polar surface area (TPSA) is 33.1 Å². The summed E-state index contributed by atoms with van der Waals surface area (Å²) < 4.78 is 0.393. The number of thiazole rings is 1. The Balaban J connectivity index is 2.87. The third-order valence-electron chi connectivity index (χ3n) is 0.932. The van der Waals surface area contributed by atoms with E-state index in [1.54, 1.807) is 5.38 Å². The predicted molar refractivity (Wildman–Crippen MR) is 40.9 cm³/mol. The van der Waals surface area contributed by atoms with Crippen LogP contribution in [0.2, 0.25) is 4.47 Å². The van der Waals surface area contributed by atoms with E-state index in [0.717, 1.165) is 0 Å². The highest BCUT2D eigenvalue weighted by Crippen LogP contribution is 2.19. The molecule has 0 fully saturated rings. The Morgan fingerprint density at radius 2 is 2.60 bits per heavy atom. The first kappa shape index (κ1) is 7.55. The van der Waals surface area contributed by atoms with Gasteiger partial charge in [-0.25, -0.2) is 4.98 Å². The molecule has 0 aliphatic carbocycles. The highest BCUT2D eigenvalue weighted by atomic mass is 35.5. The number of hydrogen-bond acceptors (Lipinski definition) is 3. The predicted octanol–water partition coefficient (Wildman–Crippen LogP) is 1.46. The van der Waals surface area contributed by atoms with Gasteiger partial charge in [0.05, 0.1) is 5.69 Å². The van der Waals surface area contributed by atoms with Crippen LogP contribution in [0, 0.1) is 12.3 Å². The molecule has 4 heteroatoms. The summed E-state index contributed by atoms with van der Waals surface area (Å²) in [6.07, 6.45) is 4.01. The van der Waals surface area contributed by atoms with E-state index in [1.165, 1.54) is 11.3 Å². The molecule has 0 spiro atoms. The monoisotopic (exact) mass is 173 g/mol. The molecule has 2 nitrogen and oxygen atoms in total. The summed E-state index contributed by atoms with van der Waals surface area (Å²) in [6, 6.07) is 0. The third-order valence-corrected chi connectivity index (χ3v) is 1.93. The minimum Gasteiger partial charge on any atom is -0.374 e. The fraction of sp³-hybridized carbons (Fsp3) is 0.167. The Bertz CT molecular complexity index is 265. The van der Waals surface area contributed by atoms with Crippen molar-refractivity contribution >= 4 is 22.9 Å². The second-order valence-corrected chi connectivity index (χ2v) is 3.03. The lowest BCUT2D eigenvalue weighted by Crippen LogP contribution is -1.92. The summed E-state index contributed by atoms with van der Waals surface area (Å²) >= 11 is 6.74. The van der Waals surface area contributed by atoms with Crippen molar-refractivity contribution in [2.24, 2.45) is 0 Å². The molecule has 0 saturated carbocycles. The van der Waals surface area contributed by atoms with Crippen LogP contribution in [0.25, 0.3) is 0 Å². The van der Waals surface area contributed by atoms with E-state index in [1.807, 2.05) is 0 Å². The van der Waals surface area contributed by atoms with Crippen LogP contribution >= 0.6 is 22.9 Å². The molecule has 0 saturated heterocycles. The lowest BCUT2D eigenvalue weighted by Gasteiger charge is -1.93. The number of aliphatic hydroxyl groups is 1. The second kappa shape index (κ2) is 3.02. The van der Waals surface area contributed by atoms with Gasteiger partial charge in [0.2, 0.25) is 0 Å². The van der Waals surface area contributed by atoms with Gasteiger partial charge in [-0.3, -0.25) is 0 Å². The Morgan fingerprint density at radius 1 is 1.90 bits per heavy atom. The lowest BCUT2D eigenvalue weighted by atomic mass is 10.3. The number of nitrogens with zero attached hydrogens (tertiary/aromatic N) is 1. The molecule has 1 unspecified atom stereocenters. The standard InChI is InChI=1S/C6H4ClNOS/c1-2-5(9)4-3-10-6(7)8-4/h1,3,5,9H. The van der Waals surface area contributed by atoms with Crippen LogP contribution in [0.4, 0.5) is 0 Å². The molecule has 0 aliphatic heterocycles. The van der Waals surface area contributed by atoms with E-state index in [-0.39, 0.29) is 0 Å². The summed E-state index contributed by atoms with van der Waals surface area (Å²) in [4.78, 5) is 3.77. The quantitative estimate of drug-likeness (QED) is 0.653. The summed E-state index contributed by atoms with van der Waals surface area (Å²) in [5.41, 5.74) is 0.442. The molecule has 0 bridgehead atoms. The fourth-order valence-corrected chi connectivity index (χ4v) is 1.26. The van der Waals surface area contributed by atoms with Crippen molar-refractivity contribution in [1.82, 2.24) is 4.98 Å². The van der Waals surface area contributed by atoms with Gasteiger partial charge in [0.15, 0.2) is 10.6 Å². The second-order valence-electron chi connectivity index (χ2n) is 1.59. The van der Waals surface area contributed by atoms with Crippen LogP contribution in [0.3, 0.4) is 0 Å². The van der Waals surface area contributed by atoms with Crippen molar-refractivity contribution in [3.63, 3.8) is 0 Å². The van der Waals surface area contributed by atoms with Gasteiger partial charge in [0, 0.05) is 5.38 Å². The summed E-state index contributed by atoms with van der Waals surface area (Å²) in [5.74, 6) is 2.14. The molecule has 1 aromatic heterocycles. The summed E-state index contributed by atoms with van der Waals surface area (Å²) in [7, 11) is 0. The first-order valence-electron chi connectivity index (χ1n) is 2.49. The average Bonchev–Trinajstić information content (AvgIpc) is 2.34. The van der Waals surface area contributed by atoms with E-state index in [9.17, 15) is 0 Å². The zero-order chi connectivity index (χ0) is 7.56. The van der Waals surface area contributed by atoms with Gasteiger partial charge >= 0.3 is 0 Å². The molecule has 0 aliphatic rings. The van der Waals surface area contributed by atoms with Crippen LogP contribution in [-0.2, 0) is 0 Å². The summed E-state index contributed by atoms with van der Waals surface area (Å²) in [6.45, 7) is 0. The van der Waals surface area contributed by atoms with Gasteiger partial charge in [-0.1, -0.05) is 17.5 Å². The van der Waals surface area contributed by atoms with Crippen LogP contribution in [-0.4, -0.2) is 10.1 Å². The number of aromatic nitrogens is 1. The molecule has 1 N–H and O–H groups in total. The maximum absolute atomic E-state index is 8.99. The van der Waals surface area contributed by atoms with Crippen molar-refractivity contribution in [1.29, 1.82) is 0 Å². The third kappa shape index (κ3) is 1.48. The van der Waals surface area contributed by atoms with Crippen molar-refractivity contribution in [2.75, 3.05) is 0 Å². The molecule has 1 aromatic rings. The highest BCUT2D eigenvalue weighted by molar-refractivity contribution is 7.13. The number of rotatable bonds is 1. The van der Waals surface area contributed by atoms with Crippen LogP contribution < -0.4 is 0 Å². The maximum atomic E-state index is 8.99. The molecule has 1 heterocycles. The number of hydrogen-bond donors (Lipinski definition) is 1. The molecule has 0 radical (unpaired) electrons. The summed E-state index contributed by atoms with van der Waals surface area (Å²) in [5, 5.41) is 10.6. The first-order valence-corrected chi connectivity index (χ1v) is 3.75. The fourth-order valence-electron chi connectivity index (χ4n) is 0.474. The lowest BCUT2D eigenvalue weighted by molar-refractivity contribution is 0.234. The molecule has 52 valence electrons. The maximum Gasteiger partial charge on any atom is 0.183 e. The van der Waals surface area contributed by atoms with Crippen LogP contribution in [0.5, 0.6) is 0 Å².